The lowest BCUT2D eigenvalue weighted by molar-refractivity contribution is -0.138. The largest absolute Gasteiger partial charge is 0.462 e. The molecule has 0 saturated heterocycles. The second-order valence-corrected chi connectivity index (χ2v) is 5.59. The molecule has 0 amide bonds. The molecule has 6 heteroatoms. The number of hydrogen-bond acceptors (Lipinski definition) is 4. The summed E-state index contributed by atoms with van der Waals surface area (Å²) in [5.41, 5.74) is 0.740. The van der Waals surface area contributed by atoms with Crippen molar-refractivity contribution < 1.29 is 18.7 Å². The predicted octanol–water partition coefficient (Wildman–Crippen LogP) is 4.33. The molecule has 0 aliphatic rings. The van der Waals surface area contributed by atoms with Crippen molar-refractivity contribution in [3.8, 4) is 0 Å². The Labute approximate surface area is 147 Å². The molecule has 0 aliphatic carbocycles. The van der Waals surface area contributed by atoms with E-state index in [0.717, 1.165) is 0 Å². The van der Waals surface area contributed by atoms with Crippen molar-refractivity contribution in [3.05, 3.63) is 76.2 Å². The molecule has 0 bridgehead atoms. The maximum Gasteiger partial charge on any atom is 0.343 e. The Balaban J connectivity index is 2.32. The van der Waals surface area contributed by atoms with Gasteiger partial charge in [0.05, 0.1) is 6.61 Å². The summed E-state index contributed by atoms with van der Waals surface area (Å²) < 4.78 is 18.5. The third-order valence-electron chi connectivity index (χ3n) is 3.09. The van der Waals surface area contributed by atoms with Gasteiger partial charge in [0.2, 0.25) is 5.78 Å². The van der Waals surface area contributed by atoms with Crippen LogP contribution in [0, 0.1) is 5.82 Å². The zero-order valence-electron chi connectivity index (χ0n) is 12.9. The van der Waals surface area contributed by atoms with E-state index < -0.39 is 11.8 Å². The van der Waals surface area contributed by atoms with Gasteiger partial charge in [0, 0.05) is 21.9 Å². The lowest BCUT2D eigenvalue weighted by Gasteiger charge is -2.09. The number of hydrogen-bond donors (Lipinski definition) is 1. The number of benzene rings is 2. The molecule has 24 heavy (non-hydrogen) atoms. The highest BCUT2D eigenvalue weighted by molar-refractivity contribution is 9.10. The summed E-state index contributed by atoms with van der Waals surface area (Å²) in [5.74, 6) is -1.58. The van der Waals surface area contributed by atoms with Crippen LogP contribution in [0.5, 0.6) is 0 Å². The molecule has 0 unspecified atom stereocenters. The Bertz CT molecular complexity index is 772. The summed E-state index contributed by atoms with van der Waals surface area (Å²) in [6.07, 6.45) is 1.27. The molecular formula is C18H15BrFNO3. The van der Waals surface area contributed by atoms with Gasteiger partial charge in [-0.2, -0.15) is 0 Å². The molecule has 0 heterocycles. The van der Waals surface area contributed by atoms with E-state index in [0.29, 0.717) is 15.7 Å². The molecular weight excluding hydrogens is 377 g/mol. The maximum atomic E-state index is 12.9. The third-order valence-corrected chi connectivity index (χ3v) is 3.78. The number of ether oxygens (including phenoxy) is 1. The SMILES string of the molecule is CCOC(=O)C(=CNc1ccc(F)cc1)C(=O)c1ccccc1Br. The van der Waals surface area contributed by atoms with Crippen molar-refractivity contribution in [2.75, 3.05) is 11.9 Å². The van der Waals surface area contributed by atoms with Crippen molar-refractivity contribution in [3.63, 3.8) is 0 Å². The van der Waals surface area contributed by atoms with Crippen LogP contribution in [0.2, 0.25) is 0 Å². The molecule has 0 fully saturated rings. The van der Waals surface area contributed by atoms with Crippen LogP contribution in [0.4, 0.5) is 10.1 Å². The highest BCUT2D eigenvalue weighted by atomic mass is 79.9. The highest BCUT2D eigenvalue weighted by Crippen LogP contribution is 2.20. The smallest absolute Gasteiger partial charge is 0.343 e. The summed E-state index contributed by atoms with van der Waals surface area (Å²) in [5, 5.41) is 2.82. The number of halogens is 2. The van der Waals surface area contributed by atoms with E-state index in [2.05, 4.69) is 21.2 Å². The van der Waals surface area contributed by atoms with Crippen LogP contribution in [0.25, 0.3) is 0 Å². The summed E-state index contributed by atoms with van der Waals surface area (Å²) >= 11 is 3.30. The van der Waals surface area contributed by atoms with Crippen molar-refractivity contribution in [1.29, 1.82) is 0 Å². The maximum absolute atomic E-state index is 12.9. The Morgan fingerprint density at radius 2 is 1.83 bits per heavy atom. The number of carbonyl (C=O) groups excluding carboxylic acids is 2. The average molecular weight is 392 g/mol. The van der Waals surface area contributed by atoms with Crippen LogP contribution in [0.15, 0.2) is 64.8 Å². The predicted molar refractivity (Wildman–Crippen MR) is 93.2 cm³/mol. The van der Waals surface area contributed by atoms with Gasteiger partial charge in [0.1, 0.15) is 11.4 Å². The van der Waals surface area contributed by atoms with Crippen molar-refractivity contribution in [1.82, 2.24) is 0 Å². The van der Waals surface area contributed by atoms with Gasteiger partial charge in [-0.1, -0.05) is 28.1 Å². The van der Waals surface area contributed by atoms with E-state index in [4.69, 9.17) is 4.74 Å². The Morgan fingerprint density at radius 1 is 1.17 bits per heavy atom. The summed E-state index contributed by atoms with van der Waals surface area (Å²) in [7, 11) is 0. The molecule has 124 valence electrons. The first-order valence-corrected chi connectivity index (χ1v) is 8.01. The molecule has 0 saturated carbocycles. The molecule has 1 N–H and O–H groups in total. The highest BCUT2D eigenvalue weighted by Gasteiger charge is 2.22. The van der Waals surface area contributed by atoms with Crippen LogP contribution in [-0.2, 0) is 9.53 Å². The fraction of sp³-hybridized carbons (Fsp3) is 0.111. The van der Waals surface area contributed by atoms with Crippen LogP contribution in [-0.4, -0.2) is 18.4 Å². The molecule has 2 aromatic rings. The first-order chi connectivity index (χ1) is 11.5. The topological polar surface area (TPSA) is 55.4 Å². The van der Waals surface area contributed by atoms with Crippen LogP contribution < -0.4 is 5.32 Å². The molecule has 0 aromatic heterocycles. The van der Waals surface area contributed by atoms with Crippen molar-refractivity contribution in [2.24, 2.45) is 0 Å². The Kier molecular flexibility index (Phi) is 6.26. The molecule has 0 spiro atoms. The average Bonchev–Trinajstić information content (AvgIpc) is 2.57. The van der Waals surface area contributed by atoms with E-state index in [-0.39, 0.29) is 18.0 Å². The number of Topliss-reactive ketones (excluding diaryl/α,β-unsaturated/α-hetero) is 1. The van der Waals surface area contributed by atoms with E-state index >= 15 is 0 Å². The first kappa shape index (κ1) is 17.9. The number of esters is 1. The first-order valence-electron chi connectivity index (χ1n) is 7.21. The van der Waals surface area contributed by atoms with Crippen LogP contribution in [0.1, 0.15) is 17.3 Å². The minimum Gasteiger partial charge on any atom is -0.462 e. The summed E-state index contributed by atoms with van der Waals surface area (Å²) in [4.78, 5) is 24.8. The Morgan fingerprint density at radius 3 is 2.46 bits per heavy atom. The molecule has 4 nitrogen and oxygen atoms in total. The minimum absolute atomic E-state index is 0.145. The fourth-order valence-electron chi connectivity index (χ4n) is 1.92. The lowest BCUT2D eigenvalue weighted by Crippen LogP contribution is -2.18. The second-order valence-electron chi connectivity index (χ2n) is 4.74. The Hall–Kier alpha value is -2.47. The minimum atomic E-state index is -0.729. The zero-order valence-corrected chi connectivity index (χ0v) is 14.5. The number of anilines is 1. The van der Waals surface area contributed by atoms with Crippen LogP contribution in [0.3, 0.4) is 0 Å². The van der Waals surface area contributed by atoms with E-state index in [9.17, 15) is 14.0 Å². The summed E-state index contributed by atoms with van der Waals surface area (Å²) in [6.45, 7) is 1.81. The monoisotopic (exact) mass is 391 g/mol. The lowest BCUT2D eigenvalue weighted by atomic mass is 10.0. The molecule has 0 radical (unpaired) electrons. The van der Waals surface area contributed by atoms with Gasteiger partial charge in [-0.3, -0.25) is 4.79 Å². The van der Waals surface area contributed by atoms with Gasteiger partial charge < -0.3 is 10.1 Å². The normalized spacial score (nSPS) is 11.0. The quantitative estimate of drug-likeness (QED) is 0.261. The number of nitrogens with one attached hydrogen (secondary N) is 1. The molecule has 2 rings (SSSR count). The van der Waals surface area contributed by atoms with Gasteiger partial charge in [-0.15, -0.1) is 0 Å². The second kappa shape index (κ2) is 8.40. The third kappa shape index (κ3) is 4.52. The number of carbonyl (C=O) groups is 2. The fourth-order valence-corrected chi connectivity index (χ4v) is 2.38. The summed E-state index contributed by atoms with van der Waals surface area (Å²) in [6, 6.07) is 12.3. The molecule has 0 atom stereocenters. The van der Waals surface area contributed by atoms with E-state index in [1.165, 1.54) is 30.5 Å². The standard InChI is InChI=1S/C18H15BrFNO3/c1-2-24-18(23)15(11-21-13-9-7-12(20)8-10-13)17(22)14-5-3-4-6-16(14)19/h3-11,21H,2H2,1H3. The number of rotatable bonds is 6. The van der Waals surface area contributed by atoms with Gasteiger partial charge in [0.25, 0.3) is 0 Å². The number of ketones is 1. The zero-order chi connectivity index (χ0) is 17.5. The van der Waals surface area contributed by atoms with Crippen molar-refractivity contribution >= 4 is 33.4 Å². The molecule has 2 aromatic carbocycles. The van der Waals surface area contributed by atoms with Gasteiger partial charge in [0.15, 0.2) is 0 Å². The van der Waals surface area contributed by atoms with Crippen LogP contribution >= 0.6 is 15.9 Å². The van der Waals surface area contributed by atoms with Gasteiger partial charge in [-0.05, 0) is 43.3 Å². The van der Waals surface area contributed by atoms with E-state index in [1.54, 1.807) is 31.2 Å². The van der Waals surface area contributed by atoms with Crippen molar-refractivity contribution in [2.45, 2.75) is 6.92 Å². The van der Waals surface area contributed by atoms with Gasteiger partial charge >= 0.3 is 5.97 Å². The van der Waals surface area contributed by atoms with Gasteiger partial charge in [-0.25, -0.2) is 9.18 Å². The molecule has 0 aliphatic heterocycles. The van der Waals surface area contributed by atoms with E-state index in [1.807, 2.05) is 0 Å².